The third-order valence-corrected chi connectivity index (χ3v) is 1.91. The van der Waals surface area contributed by atoms with E-state index >= 15 is 0 Å². The first-order valence-corrected chi connectivity index (χ1v) is 5.17. The number of hydrogen-bond acceptors (Lipinski definition) is 3. The van der Waals surface area contributed by atoms with Crippen LogP contribution in [0.2, 0.25) is 0 Å². The van der Waals surface area contributed by atoms with Gasteiger partial charge in [-0.05, 0) is 23.8 Å². The summed E-state index contributed by atoms with van der Waals surface area (Å²) in [7, 11) is 0. The number of aliphatic carboxylic acids is 1. The molecule has 0 heterocycles. The predicted molar refractivity (Wildman–Crippen MR) is 68.3 cm³/mol. The second kappa shape index (κ2) is 6.90. The number of carboxylic acid groups (broad SMARTS) is 1. The van der Waals surface area contributed by atoms with E-state index < -0.39 is 12.1 Å². The SMILES string of the molecule is C=CCOC(=O)Nc1ccc(/C=C/C(=O)O)cc1. The second-order valence-corrected chi connectivity index (χ2v) is 3.31. The highest BCUT2D eigenvalue weighted by molar-refractivity contribution is 5.86. The molecule has 1 amide bonds. The largest absolute Gasteiger partial charge is 0.478 e. The molecular formula is C13H13NO4. The van der Waals surface area contributed by atoms with Crippen molar-refractivity contribution in [1.82, 2.24) is 0 Å². The number of ether oxygens (including phenoxy) is 1. The minimum absolute atomic E-state index is 0.144. The fraction of sp³-hybridized carbons (Fsp3) is 0.0769. The Bertz CT molecular complexity index is 462. The molecule has 18 heavy (non-hydrogen) atoms. The van der Waals surface area contributed by atoms with Gasteiger partial charge in [0.1, 0.15) is 6.61 Å². The highest BCUT2D eigenvalue weighted by Gasteiger charge is 2.01. The third kappa shape index (κ3) is 4.98. The van der Waals surface area contributed by atoms with Crippen molar-refractivity contribution < 1.29 is 19.4 Å². The summed E-state index contributed by atoms with van der Waals surface area (Å²) in [5.74, 6) is -1.01. The molecule has 0 aliphatic heterocycles. The van der Waals surface area contributed by atoms with Crippen LogP contribution in [-0.2, 0) is 9.53 Å². The van der Waals surface area contributed by atoms with Gasteiger partial charge in [-0.1, -0.05) is 24.8 Å². The van der Waals surface area contributed by atoms with E-state index in [0.717, 1.165) is 11.6 Å². The maximum Gasteiger partial charge on any atom is 0.411 e. The molecule has 0 saturated carbocycles. The number of nitrogens with one attached hydrogen (secondary N) is 1. The minimum atomic E-state index is -1.01. The van der Waals surface area contributed by atoms with E-state index in [1.54, 1.807) is 24.3 Å². The van der Waals surface area contributed by atoms with Gasteiger partial charge < -0.3 is 9.84 Å². The number of carbonyl (C=O) groups is 2. The van der Waals surface area contributed by atoms with Gasteiger partial charge in [-0.25, -0.2) is 9.59 Å². The summed E-state index contributed by atoms with van der Waals surface area (Å²) >= 11 is 0. The molecule has 0 aliphatic carbocycles. The van der Waals surface area contributed by atoms with Gasteiger partial charge in [0.05, 0.1) is 0 Å². The number of amides is 1. The third-order valence-electron chi connectivity index (χ3n) is 1.91. The summed E-state index contributed by atoms with van der Waals surface area (Å²) in [6, 6.07) is 6.67. The molecule has 1 aromatic rings. The van der Waals surface area contributed by atoms with Gasteiger partial charge in [-0.2, -0.15) is 0 Å². The van der Waals surface area contributed by atoms with Gasteiger partial charge in [-0.15, -0.1) is 0 Å². The van der Waals surface area contributed by atoms with E-state index in [2.05, 4.69) is 11.9 Å². The van der Waals surface area contributed by atoms with Crippen molar-refractivity contribution in [3.05, 3.63) is 48.6 Å². The van der Waals surface area contributed by atoms with Gasteiger partial charge >= 0.3 is 12.1 Å². The van der Waals surface area contributed by atoms with Crippen molar-refractivity contribution in [1.29, 1.82) is 0 Å². The normalized spacial score (nSPS) is 10.0. The topological polar surface area (TPSA) is 75.6 Å². The van der Waals surface area contributed by atoms with Crippen LogP contribution < -0.4 is 5.32 Å². The number of carboxylic acids is 1. The Morgan fingerprint density at radius 3 is 2.56 bits per heavy atom. The first-order valence-electron chi connectivity index (χ1n) is 5.17. The quantitative estimate of drug-likeness (QED) is 0.619. The van der Waals surface area contributed by atoms with Crippen molar-refractivity contribution in [3.63, 3.8) is 0 Å². The summed E-state index contributed by atoms with van der Waals surface area (Å²) < 4.78 is 4.74. The van der Waals surface area contributed by atoms with Crippen LogP contribution in [0.3, 0.4) is 0 Å². The molecule has 0 unspecified atom stereocenters. The summed E-state index contributed by atoms with van der Waals surface area (Å²) in [4.78, 5) is 21.5. The van der Waals surface area contributed by atoms with Crippen molar-refractivity contribution in [2.45, 2.75) is 0 Å². The van der Waals surface area contributed by atoms with Crippen molar-refractivity contribution >= 4 is 23.8 Å². The lowest BCUT2D eigenvalue weighted by molar-refractivity contribution is -0.131. The highest BCUT2D eigenvalue weighted by Crippen LogP contribution is 2.11. The van der Waals surface area contributed by atoms with E-state index in [4.69, 9.17) is 9.84 Å². The number of benzene rings is 1. The van der Waals surface area contributed by atoms with Crippen LogP contribution in [0, 0.1) is 0 Å². The van der Waals surface area contributed by atoms with E-state index in [1.807, 2.05) is 0 Å². The number of carbonyl (C=O) groups excluding carboxylic acids is 1. The molecule has 1 rings (SSSR count). The maximum absolute atomic E-state index is 11.2. The molecule has 5 nitrogen and oxygen atoms in total. The van der Waals surface area contributed by atoms with Crippen LogP contribution in [0.25, 0.3) is 6.08 Å². The van der Waals surface area contributed by atoms with Gasteiger partial charge in [0.25, 0.3) is 0 Å². The van der Waals surface area contributed by atoms with Crippen molar-refractivity contribution in [2.75, 3.05) is 11.9 Å². The van der Waals surface area contributed by atoms with E-state index in [0.29, 0.717) is 5.69 Å². The Balaban J connectivity index is 2.57. The van der Waals surface area contributed by atoms with E-state index in [9.17, 15) is 9.59 Å². The standard InChI is InChI=1S/C13H13NO4/c1-2-9-18-13(17)14-11-6-3-10(4-7-11)5-8-12(15)16/h2-8H,1,9H2,(H,14,17)(H,15,16)/b8-5+. The van der Waals surface area contributed by atoms with E-state index in [1.165, 1.54) is 12.2 Å². The average molecular weight is 247 g/mol. The molecule has 0 spiro atoms. The van der Waals surface area contributed by atoms with Crippen molar-refractivity contribution in [3.8, 4) is 0 Å². The molecule has 0 aliphatic rings. The monoisotopic (exact) mass is 247 g/mol. The molecule has 94 valence electrons. The van der Waals surface area contributed by atoms with Crippen LogP contribution in [0.4, 0.5) is 10.5 Å². The zero-order valence-electron chi connectivity index (χ0n) is 9.63. The molecule has 0 bridgehead atoms. The fourth-order valence-electron chi connectivity index (χ4n) is 1.13. The van der Waals surface area contributed by atoms with Gasteiger partial charge in [0, 0.05) is 11.8 Å². The molecular weight excluding hydrogens is 234 g/mol. The van der Waals surface area contributed by atoms with Gasteiger partial charge in [0.15, 0.2) is 0 Å². The maximum atomic E-state index is 11.2. The highest BCUT2D eigenvalue weighted by atomic mass is 16.5. The zero-order valence-corrected chi connectivity index (χ0v) is 9.63. The lowest BCUT2D eigenvalue weighted by Gasteiger charge is -2.05. The summed E-state index contributed by atoms with van der Waals surface area (Å²) in [5, 5.41) is 11.0. The number of hydrogen-bond donors (Lipinski definition) is 2. The van der Waals surface area contributed by atoms with Crippen LogP contribution in [0.5, 0.6) is 0 Å². The predicted octanol–water partition coefficient (Wildman–Crippen LogP) is 2.52. The molecule has 0 aromatic heterocycles. The van der Waals surface area contributed by atoms with Gasteiger partial charge in [-0.3, -0.25) is 5.32 Å². The average Bonchev–Trinajstić information content (AvgIpc) is 2.35. The first kappa shape index (κ1) is 13.5. The van der Waals surface area contributed by atoms with Gasteiger partial charge in [0.2, 0.25) is 0 Å². The van der Waals surface area contributed by atoms with Crippen LogP contribution in [0.1, 0.15) is 5.56 Å². The van der Waals surface area contributed by atoms with Crippen LogP contribution >= 0.6 is 0 Å². The molecule has 5 heteroatoms. The number of anilines is 1. The number of rotatable bonds is 5. The van der Waals surface area contributed by atoms with Crippen LogP contribution in [-0.4, -0.2) is 23.8 Å². The molecule has 2 N–H and O–H groups in total. The minimum Gasteiger partial charge on any atom is -0.478 e. The zero-order chi connectivity index (χ0) is 13.4. The molecule has 0 fully saturated rings. The lowest BCUT2D eigenvalue weighted by Crippen LogP contribution is -2.13. The Kier molecular flexibility index (Phi) is 5.18. The van der Waals surface area contributed by atoms with Crippen LogP contribution in [0.15, 0.2) is 43.0 Å². The summed E-state index contributed by atoms with van der Waals surface area (Å²) in [5.41, 5.74) is 1.29. The molecule has 0 atom stereocenters. The van der Waals surface area contributed by atoms with Crippen molar-refractivity contribution in [2.24, 2.45) is 0 Å². The second-order valence-electron chi connectivity index (χ2n) is 3.31. The Hall–Kier alpha value is -2.56. The summed E-state index contributed by atoms with van der Waals surface area (Å²) in [6.07, 6.45) is 3.41. The van der Waals surface area contributed by atoms with E-state index in [-0.39, 0.29) is 6.61 Å². The Morgan fingerprint density at radius 1 is 1.33 bits per heavy atom. The molecule has 0 saturated heterocycles. The first-order chi connectivity index (χ1) is 8.61. The molecule has 1 aromatic carbocycles. The molecule has 0 radical (unpaired) electrons. The Morgan fingerprint density at radius 2 is 2.00 bits per heavy atom. The lowest BCUT2D eigenvalue weighted by atomic mass is 10.2. The smallest absolute Gasteiger partial charge is 0.411 e. The fourth-order valence-corrected chi connectivity index (χ4v) is 1.13. The Labute approximate surface area is 104 Å². The summed E-state index contributed by atoms with van der Waals surface area (Å²) in [6.45, 7) is 3.57.